The monoisotopic (exact) mass is 1230 g/mol. The lowest BCUT2D eigenvalue weighted by atomic mass is 9.44. The molecule has 3 fully saturated rings. The van der Waals surface area contributed by atoms with Crippen molar-refractivity contribution in [3.05, 3.63) is 227 Å². The molecule has 1 saturated heterocycles. The first-order valence-electron chi connectivity index (χ1n) is 29.6. The van der Waals surface area contributed by atoms with Crippen molar-refractivity contribution in [1.29, 1.82) is 0 Å². The summed E-state index contributed by atoms with van der Waals surface area (Å²) in [4.78, 5) is 104. The number of esters is 3. The van der Waals surface area contributed by atoms with E-state index in [1.54, 1.807) is 147 Å². The number of carbonyl (C=O) groups is 7. The van der Waals surface area contributed by atoms with Crippen molar-refractivity contribution >= 4 is 42.1 Å². The minimum atomic E-state index is -2.59. The molecule has 2 N–H and O–H groups in total. The van der Waals surface area contributed by atoms with Crippen LogP contribution < -0.4 is 5.32 Å². The summed E-state index contributed by atoms with van der Waals surface area (Å²) in [5.74, 6) is -5.73. The summed E-state index contributed by atoms with van der Waals surface area (Å²) in [6.07, 6.45) is -14.8. The van der Waals surface area contributed by atoms with Crippen molar-refractivity contribution < 1.29 is 90.8 Å². The minimum absolute atomic E-state index is 0.00867. The average Bonchev–Trinajstić information content (AvgIpc) is 0.670. The molecule has 2 unspecified atom stereocenters. The summed E-state index contributed by atoms with van der Waals surface area (Å²) in [5, 5.41) is 17.3. The molecule has 4 aliphatic rings. The number of ether oxygens (including phenoxy) is 11. The second kappa shape index (κ2) is 27.7. The molecule has 90 heavy (non-hydrogen) atoms. The Hall–Kier alpha value is -9.21. The van der Waals surface area contributed by atoms with Gasteiger partial charge in [-0.05, 0) is 64.9 Å². The van der Waals surface area contributed by atoms with Gasteiger partial charge >= 0.3 is 36.3 Å². The number of alkyl carbamates (subject to hydrolysis) is 1. The quantitative estimate of drug-likeness (QED) is 0.0223. The predicted octanol–water partition coefficient (Wildman–Crippen LogP) is 10.6. The standard InChI is InChI=1S/C70H71NO19/c1-44-52(86-63(75)58(85-43-80-38-46-24-12-6-13-25-46)56(50-32-20-10-21-33-50)71-64(76)81-39-47-26-14-7-15-27-47)37-70(79)61(89-62(74)51-34-22-11-23-35-51)59-68(5,60(73)57(55(44)67(70,3)4)88-66(78)83-41-49-30-18-9-19-31-49)53(36-54-69(59,42-84-54)90-45(2)72)87-65(77)82-40-48-28-16-8-17-29-48/h6-35,52-54,56-59,61,79H,36-43H2,1-5H3,(H,71,76)/t52-,53-,54+,56-,57+,58+,59?,61-,68+,69-,70?/m0/s1. The van der Waals surface area contributed by atoms with Crippen LogP contribution in [-0.4, -0.2) is 108 Å². The molecule has 2 bridgehead atoms. The number of rotatable bonds is 21. The molecule has 0 radical (unpaired) electrons. The Bertz CT molecular complexity index is 3540. The van der Waals surface area contributed by atoms with Gasteiger partial charge in [0.1, 0.15) is 56.6 Å². The third-order valence-corrected chi connectivity index (χ3v) is 17.6. The molecule has 0 aromatic heterocycles. The zero-order chi connectivity index (χ0) is 63.6. The van der Waals surface area contributed by atoms with Crippen molar-refractivity contribution in [2.24, 2.45) is 16.7 Å². The lowest BCUT2D eigenvalue weighted by molar-refractivity contribution is -0.346. The van der Waals surface area contributed by atoms with Crippen molar-refractivity contribution in [3.63, 3.8) is 0 Å². The molecule has 2 saturated carbocycles. The Kier molecular flexibility index (Phi) is 19.6. The van der Waals surface area contributed by atoms with E-state index in [2.05, 4.69) is 5.32 Å². The smallest absolute Gasteiger partial charge is 0.456 e. The van der Waals surface area contributed by atoms with Gasteiger partial charge in [0.2, 0.25) is 0 Å². The summed E-state index contributed by atoms with van der Waals surface area (Å²) < 4.78 is 67.8. The fraction of sp³-hybridized carbons (Fsp3) is 0.357. The molecule has 1 aliphatic heterocycles. The molecule has 0 spiro atoms. The van der Waals surface area contributed by atoms with Crippen LogP contribution in [0.3, 0.4) is 0 Å². The van der Waals surface area contributed by atoms with Crippen molar-refractivity contribution in [1.82, 2.24) is 5.32 Å². The third kappa shape index (κ3) is 13.5. The molecule has 1 heterocycles. The van der Waals surface area contributed by atoms with Crippen LogP contribution >= 0.6 is 0 Å². The molecule has 20 nitrogen and oxygen atoms in total. The van der Waals surface area contributed by atoms with Gasteiger partial charge in [-0.15, -0.1) is 0 Å². The van der Waals surface area contributed by atoms with Crippen LogP contribution in [0.15, 0.2) is 193 Å². The highest BCUT2D eigenvalue weighted by atomic mass is 16.7. The number of aliphatic hydroxyl groups is 1. The molecule has 6 aromatic carbocycles. The van der Waals surface area contributed by atoms with Crippen LogP contribution in [0.1, 0.15) is 91.7 Å². The molecule has 20 heteroatoms. The minimum Gasteiger partial charge on any atom is -0.456 e. The highest BCUT2D eigenvalue weighted by Gasteiger charge is 2.79. The van der Waals surface area contributed by atoms with E-state index in [9.17, 15) is 24.3 Å². The predicted molar refractivity (Wildman–Crippen MR) is 320 cm³/mol. The highest BCUT2D eigenvalue weighted by molar-refractivity contribution is 5.96. The van der Waals surface area contributed by atoms with Crippen LogP contribution in [0.5, 0.6) is 0 Å². The van der Waals surface area contributed by atoms with Gasteiger partial charge in [-0.3, -0.25) is 9.59 Å². The highest BCUT2D eigenvalue weighted by Crippen LogP contribution is 2.65. The SMILES string of the molecule is CC(=O)O[C@@]12CO[C@@H]1C[C@H](OC(=O)OCc1ccccc1)[C@@]1(C)C(=O)[C@H](OC(=O)OCc3ccccc3)C3=C(C)[C@@H](OC(=O)[C@H](OCOCc4ccccc4)[C@@H](NC(=O)OCc4ccccc4)c4ccccc4)CC(O)([C@@H](OC(=O)c4ccccc4)C12)C3(C)C. The van der Waals surface area contributed by atoms with Gasteiger partial charge in [0.05, 0.1) is 36.2 Å². The molecule has 10 rings (SSSR count). The van der Waals surface area contributed by atoms with E-state index in [-0.39, 0.29) is 49.6 Å². The van der Waals surface area contributed by atoms with E-state index < -0.39 is 133 Å². The van der Waals surface area contributed by atoms with Crippen molar-refractivity contribution in [2.45, 2.75) is 128 Å². The van der Waals surface area contributed by atoms with Gasteiger partial charge in [0, 0.05) is 25.2 Å². The lowest BCUT2D eigenvalue weighted by Crippen LogP contribution is -2.82. The summed E-state index contributed by atoms with van der Waals surface area (Å²) >= 11 is 0. The fourth-order valence-electron chi connectivity index (χ4n) is 13.0. The van der Waals surface area contributed by atoms with E-state index in [1.165, 1.54) is 26.0 Å². The number of nitrogens with one attached hydrogen (secondary N) is 1. The van der Waals surface area contributed by atoms with E-state index >= 15 is 14.4 Å². The first-order valence-corrected chi connectivity index (χ1v) is 29.6. The first-order chi connectivity index (χ1) is 43.3. The second-order valence-corrected chi connectivity index (χ2v) is 23.5. The molecule has 1 amide bonds. The van der Waals surface area contributed by atoms with Crippen LogP contribution in [-0.2, 0) is 92.9 Å². The van der Waals surface area contributed by atoms with Crippen LogP contribution in [0.2, 0.25) is 0 Å². The topological polar surface area (TPSA) is 253 Å². The summed E-state index contributed by atoms with van der Waals surface area (Å²) in [6, 6.07) is 50.4. The molecule has 470 valence electrons. The zero-order valence-corrected chi connectivity index (χ0v) is 50.4. The van der Waals surface area contributed by atoms with E-state index in [1.807, 2.05) is 36.4 Å². The first kappa shape index (κ1) is 63.8. The second-order valence-electron chi connectivity index (χ2n) is 23.5. The molecular formula is C70H71NO19. The van der Waals surface area contributed by atoms with E-state index in [0.29, 0.717) is 22.3 Å². The van der Waals surface area contributed by atoms with Crippen LogP contribution in [0, 0.1) is 16.7 Å². The summed E-state index contributed by atoms with van der Waals surface area (Å²) in [5.41, 5.74) is -5.75. The van der Waals surface area contributed by atoms with Crippen molar-refractivity contribution in [2.75, 3.05) is 13.4 Å². The number of fused-ring (bicyclic) bond motifs is 5. The van der Waals surface area contributed by atoms with Gasteiger partial charge in [0.25, 0.3) is 0 Å². The Morgan fingerprint density at radius 2 is 1.13 bits per heavy atom. The van der Waals surface area contributed by atoms with Gasteiger partial charge in [-0.1, -0.05) is 184 Å². The van der Waals surface area contributed by atoms with Gasteiger partial charge < -0.3 is 62.5 Å². The van der Waals surface area contributed by atoms with E-state index in [0.717, 1.165) is 12.5 Å². The number of hydrogen-bond donors (Lipinski definition) is 2. The Morgan fingerprint density at radius 3 is 1.66 bits per heavy atom. The number of Topliss-reactive ketones (excluding diaryl/α,β-unsaturated/α-hetero) is 1. The maximum atomic E-state index is 16.9. The van der Waals surface area contributed by atoms with Gasteiger partial charge in [0.15, 0.2) is 23.6 Å². The zero-order valence-electron chi connectivity index (χ0n) is 50.4. The van der Waals surface area contributed by atoms with Crippen LogP contribution in [0.4, 0.5) is 14.4 Å². The molecule has 6 aromatic rings. The number of ketones is 1. The molecule has 3 aliphatic carbocycles. The normalized spacial score (nSPS) is 25.3. The Labute approximate surface area is 520 Å². The average molecular weight is 1230 g/mol. The molecular weight excluding hydrogens is 1160 g/mol. The fourth-order valence-corrected chi connectivity index (χ4v) is 13.0. The van der Waals surface area contributed by atoms with Gasteiger partial charge in [-0.2, -0.15) is 0 Å². The maximum absolute atomic E-state index is 16.9. The molecule has 11 atom stereocenters. The van der Waals surface area contributed by atoms with E-state index in [4.69, 9.17) is 52.1 Å². The summed E-state index contributed by atoms with van der Waals surface area (Å²) in [7, 11) is 0. The maximum Gasteiger partial charge on any atom is 0.509 e. The number of benzene rings is 6. The summed E-state index contributed by atoms with van der Waals surface area (Å²) in [6.45, 7) is 5.56. The number of amides is 1. The lowest BCUT2D eigenvalue weighted by Gasteiger charge is -2.67. The third-order valence-electron chi connectivity index (χ3n) is 17.6. The number of carbonyl (C=O) groups excluding carboxylic acids is 7. The van der Waals surface area contributed by atoms with Crippen molar-refractivity contribution in [3.8, 4) is 0 Å². The van der Waals surface area contributed by atoms with Crippen LogP contribution in [0.25, 0.3) is 0 Å². The Morgan fingerprint density at radius 1 is 0.633 bits per heavy atom. The number of hydrogen-bond acceptors (Lipinski definition) is 19. The Balaban J connectivity index is 1.12. The van der Waals surface area contributed by atoms with Gasteiger partial charge in [-0.25, -0.2) is 24.0 Å². The largest absolute Gasteiger partial charge is 0.509 e.